The highest BCUT2D eigenvalue weighted by Crippen LogP contribution is 2.25. The van der Waals surface area contributed by atoms with Crippen LogP contribution in [0.4, 0.5) is 0 Å². The molecule has 1 aromatic rings. The van der Waals surface area contributed by atoms with Gasteiger partial charge in [0.1, 0.15) is 6.10 Å². The summed E-state index contributed by atoms with van der Waals surface area (Å²) < 4.78 is 5.78. The third kappa shape index (κ3) is 1.74. The van der Waals surface area contributed by atoms with Crippen LogP contribution in [-0.2, 0) is 4.74 Å². The maximum absolute atomic E-state index is 5.78. The van der Waals surface area contributed by atoms with Crippen molar-refractivity contribution in [2.45, 2.75) is 20.0 Å². The average molecular weight is 189 g/mol. The Balaban J connectivity index is 2.14. The second kappa shape index (κ2) is 3.74. The van der Waals surface area contributed by atoms with E-state index in [0.717, 1.165) is 12.4 Å². The van der Waals surface area contributed by atoms with E-state index in [4.69, 9.17) is 4.74 Å². The van der Waals surface area contributed by atoms with Gasteiger partial charge in [0.05, 0.1) is 6.54 Å². The smallest absolute Gasteiger partial charge is 0.186 e. The largest absolute Gasteiger partial charge is 0.469 e. The summed E-state index contributed by atoms with van der Waals surface area (Å²) >= 11 is 0. The van der Waals surface area contributed by atoms with Crippen molar-refractivity contribution in [1.82, 2.24) is 5.32 Å². The van der Waals surface area contributed by atoms with Crippen LogP contribution in [0.25, 0.3) is 0 Å². The zero-order valence-electron chi connectivity index (χ0n) is 8.58. The molecule has 0 aromatic heterocycles. The van der Waals surface area contributed by atoms with Crippen molar-refractivity contribution in [2.24, 2.45) is 0 Å². The molecular weight excluding hydrogens is 174 g/mol. The van der Waals surface area contributed by atoms with Crippen LogP contribution in [0.2, 0.25) is 0 Å². The number of allylic oxidation sites excluding steroid dienone is 1. The Hall–Kier alpha value is -1.44. The lowest BCUT2D eigenvalue weighted by Gasteiger charge is -2.09. The van der Waals surface area contributed by atoms with Crippen molar-refractivity contribution in [3.63, 3.8) is 0 Å². The lowest BCUT2D eigenvalue weighted by molar-refractivity contribution is 0.167. The monoisotopic (exact) mass is 189 g/mol. The molecule has 1 heterocycles. The molecule has 2 rings (SSSR count). The van der Waals surface area contributed by atoms with Crippen LogP contribution in [0.1, 0.15) is 25.5 Å². The molecule has 1 saturated heterocycles. The van der Waals surface area contributed by atoms with Crippen LogP contribution in [0.3, 0.4) is 0 Å². The predicted molar refractivity (Wildman–Crippen MR) is 56.6 cm³/mol. The van der Waals surface area contributed by atoms with E-state index >= 15 is 0 Å². The summed E-state index contributed by atoms with van der Waals surface area (Å²) in [5.41, 5.74) is 2.43. The third-order valence-corrected chi connectivity index (χ3v) is 2.33. The Bertz CT molecular complexity index is 339. The van der Waals surface area contributed by atoms with Gasteiger partial charge in [-0.15, -0.1) is 0 Å². The molecule has 1 N–H and O–H groups in total. The fraction of sp³-hybridized carbons (Fsp3) is 0.333. The highest BCUT2D eigenvalue weighted by Gasteiger charge is 2.21. The first-order valence-electron chi connectivity index (χ1n) is 4.90. The molecule has 0 saturated carbocycles. The van der Waals surface area contributed by atoms with E-state index in [1.54, 1.807) is 0 Å². The Morgan fingerprint density at radius 2 is 2.00 bits per heavy atom. The van der Waals surface area contributed by atoms with E-state index in [1.165, 1.54) is 11.1 Å². The van der Waals surface area contributed by atoms with Crippen LogP contribution in [-0.4, -0.2) is 6.54 Å². The SMILES string of the molecule is CC(C)=C1NCC(c2ccccc2)O1. The maximum Gasteiger partial charge on any atom is 0.186 e. The minimum atomic E-state index is 0.168. The van der Waals surface area contributed by atoms with Gasteiger partial charge >= 0.3 is 0 Å². The fourth-order valence-electron chi connectivity index (χ4n) is 1.56. The highest BCUT2D eigenvalue weighted by atomic mass is 16.5. The number of hydrogen-bond donors (Lipinski definition) is 1. The average Bonchev–Trinajstić information content (AvgIpc) is 2.68. The van der Waals surface area contributed by atoms with Gasteiger partial charge in [-0.1, -0.05) is 30.3 Å². The molecule has 0 spiro atoms. The van der Waals surface area contributed by atoms with Gasteiger partial charge in [0.2, 0.25) is 0 Å². The summed E-state index contributed by atoms with van der Waals surface area (Å²) in [6.07, 6.45) is 0.168. The van der Waals surface area contributed by atoms with Crippen LogP contribution < -0.4 is 5.32 Å². The summed E-state index contributed by atoms with van der Waals surface area (Å²) in [6, 6.07) is 10.3. The number of nitrogens with one attached hydrogen (secondary N) is 1. The Morgan fingerprint density at radius 1 is 1.29 bits per heavy atom. The number of ether oxygens (including phenoxy) is 1. The molecule has 0 aliphatic carbocycles. The second-order valence-electron chi connectivity index (χ2n) is 3.73. The summed E-state index contributed by atoms with van der Waals surface area (Å²) in [5, 5.41) is 3.26. The van der Waals surface area contributed by atoms with Gasteiger partial charge in [-0.2, -0.15) is 0 Å². The van der Waals surface area contributed by atoms with Crippen molar-refractivity contribution < 1.29 is 4.74 Å². The van der Waals surface area contributed by atoms with Crippen LogP contribution in [0.5, 0.6) is 0 Å². The minimum absolute atomic E-state index is 0.168. The van der Waals surface area contributed by atoms with Gasteiger partial charge in [-0.25, -0.2) is 0 Å². The van der Waals surface area contributed by atoms with Crippen molar-refractivity contribution in [1.29, 1.82) is 0 Å². The molecule has 14 heavy (non-hydrogen) atoms. The predicted octanol–water partition coefficient (Wildman–Crippen LogP) is 2.60. The molecule has 1 aliphatic rings. The number of rotatable bonds is 1. The standard InChI is InChI=1S/C12H15NO/c1-9(2)12-13-8-11(14-12)10-6-4-3-5-7-10/h3-7,11,13H,8H2,1-2H3. The molecule has 1 aliphatic heterocycles. The fourth-order valence-corrected chi connectivity index (χ4v) is 1.56. The van der Waals surface area contributed by atoms with Crippen molar-refractivity contribution in [2.75, 3.05) is 6.54 Å². The number of benzene rings is 1. The molecule has 1 atom stereocenters. The Kier molecular flexibility index (Phi) is 2.44. The molecule has 0 amide bonds. The van der Waals surface area contributed by atoms with E-state index in [0.29, 0.717) is 0 Å². The molecule has 74 valence electrons. The highest BCUT2D eigenvalue weighted by molar-refractivity contribution is 5.21. The normalized spacial score (nSPS) is 20.1. The summed E-state index contributed by atoms with van der Waals surface area (Å²) in [6.45, 7) is 4.97. The molecule has 0 bridgehead atoms. The maximum atomic E-state index is 5.78. The van der Waals surface area contributed by atoms with E-state index < -0.39 is 0 Å². The Morgan fingerprint density at radius 3 is 2.57 bits per heavy atom. The van der Waals surface area contributed by atoms with Crippen molar-refractivity contribution in [3.8, 4) is 0 Å². The molecular formula is C12H15NO. The quantitative estimate of drug-likeness (QED) is 0.733. The second-order valence-corrected chi connectivity index (χ2v) is 3.73. The molecule has 2 nitrogen and oxygen atoms in total. The molecule has 0 radical (unpaired) electrons. The van der Waals surface area contributed by atoms with Gasteiger partial charge < -0.3 is 10.1 Å². The first kappa shape index (κ1) is 9.13. The Labute approximate surface area is 84.6 Å². The lowest BCUT2D eigenvalue weighted by Crippen LogP contribution is -2.07. The van der Waals surface area contributed by atoms with Gasteiger partial charge in [0.25, 0.3) is 0 Å². The van der Waals surface area contributed by atoms with Gasteiger partial charge in [0, 0.05) is 0 Å². The van der Waals surface area contributed by atoms with E-state index in [1.807, 2.05) is 18.2 Å². The van der Waals surface area contributed by atoms with Gasteiger partial charge in [-0.3, -0.25) is 0 Å². The first-order chi connectivity index (χ1) is 6.77. The topological polar surface area (TPSA) is 21.3 Å². The van der Waals surface area contributed by atoms with E-state index in [-0.39, 0.29) is 6.10 Å². The molecule has 1 fully saturated rings. The van der Waals surface area contributed by atoms with E-state index in [2.05, 4.69) is 31.3 Å². The summed E-state index contributed by atoms with van der Waals surface area (Å²) in [7, 11) is 0. The molecule has 2 heteroatoms. The molecule has 1 aromatic carbocycles. The van der Waals surface area contributed by atoms with Crippen molar-refractivity contribution in [3.05, 3.63) is 47.4 Å². The van der Waals surface area contributed by atoms with Crippen LogP contribution in [0, 0.1) is 0 Å². The third-order valence-electron chi connectivity index (χ3n) is 2.33. The molecule has 1 unspecified atom stereocenters. The number of hydrogen-bond acceptors (Lipinski definition) is 2. The van der Waals surface area contributed by atoms with Crippen LogP contribution >= 0.6 is 0 Å². The van der Waals surface area contributed by atoms with E-state index in [9.17, 15) is 0 Å². The zero-order chi connectivity index (χ0) is 9.97. The van der Waals surface area contributed by atoms with Crippen molar-refractivity contribution >= 4 is 0 Å². The van der Waals surface area contributed by atoms with Gasteiger partial charge in [-0.05, 0) is 25.0 Å². The lowest BCUT2D eigenvalue weighted by atomic mass is 10.1. The van der Waals surface area contributed by atoms with Gasteiger partial charge in [0.15, 0.2) is 5.88 Å². The minimum Gasteiger partial charge on any atom is -0.469 e. The van der Waals surface area contributed by atoms with Crippen LogP contribution in [0.15, 0.2) is 41.8 Å². The zero-order valence-corrected chi connectivity index (χ0v) is 8.58. The first-order valence-corrected chi connectivity index (χ1v) is 4.90. The summed E-state index contributed by atoms with van der Waals surface area (Å²) in [5.74, 6) is 0.929. The summed E-state index contributed by atoms with van der Waals surface area (Å²) in [4.78, 5) is 0.